The molecule has 0 spiro atoms. The van der Waals surface area contributed by atoms with E-state index in [0.717, 1.165) is 0 Å². The van der Waals surface area contributed by atoms with Crippen LogP contribution >= 0.6 is 0 Å². The molecule has 1 aliphatic rings. The van der Waals surface area contributed by atoms with Gasteiger partial charge in [-0.2, -0.15) is 0 Å². The van der Waals surface area contributed by atoms with Crippen molar-refractivity contribution in [3.05, 3.63) is 89.8 Å². The average Bonchev–Trinajstić information content (AvgIpc) is 3.04. The number of nitrogens with zero attached hydrogens (tertiary/aromatic N) is 1. The summed E-state index contributed by atoms with van der Waals surface area (Å²) in [7, 11) is 0. The molecule has 1 fully saturated rings. The van der Waals surface area contributed by atoms with Gasteiger partial charge < -0.3 is 10.1 Å². The Morgan fingerprint density at radius 1 is 0.885 bits per heavy atom. The third-order valence-corrected chi connectivity index (χ3v) is 4.26. The average molecular weight is 352 g/mol. The molecule has 130 valence electrons. The normalized spacial score (nSPS) is 19.1. The fourth-order valence-corrected chi connectivity index (χ4v) is 3.08. The zero-order chi connectivity index (χ0) is 18.1. The molecule has 1 unspecified atom stereocenters. The van der Waals surface area contributed by atoms with Crippen LogP contribution < -0.4 is 5.32 Å². The lowest BCUT2D eigenvalue weighted by molar-refractivity contribution is 0.132. The maximum atomic E-state index is 13.6. The number of carbonyl (C=O) groups is 1. The molecule has 2 aromatic carbocycles. The highest BCUT2D eigenvalue weighted by molar-refractivity contribution is 5.71. The van der Waals surface area contributed by atoms with Crippen molar-refractivity contribution in [3.8, 4) is 11.1 Å². The first kappa shape index (κ1) is 16.2. The van der Waals surface area contributed by atoms with Crippen molar-refractivity contribution in [1.82, 2.24) is 10.3 Å². The summed E-state index contributed by atoms with van der Waals surface area (Å²) in [6.45, 7) is 0. The van der Waals surface area contributed by atoms with E-state index in [1.54, 1.807) is 36.7 Å². The fraction of sp³-hybridized carbons (Fsp3) is 0.100. The Morgan fingerprint density at radius 2 is 1.65 bits per heavy atom. The van der Waals surface area contributed by atoms with Crippen LogP contribution in [0.15, 0.2) is 67.0 Å². The van der Waals surface area contributed by atoms with Crippen LogP contribution in [-0.4, -0.2) is 11.1 Å². The van der Waals surface area contributed by atoms with Crippen LogP contribution in [0.5, 0.6) is 0 Å². The van der Waals surface area contributed by atoms with Gasteiger partial charge in [0, 0.05) is 18.0 Å². The van der Waals surface area contributed by atoms with E-state index in [0.29, 0.717) is 22.3 Å². The summed E-state index contributed by atoms with van der Waals surface area (Å²) in [4.78, 5) is 16.0. The van der Waals surface area contributed by atoms with Gasteiger partial charge in [0.1, 0.15) is 17.7 Å². The number of amides is 1. The highest BCUT2D eigenvalue weighted by Crippen LogP contribution is 2.37. The Balaban J connectivity index is 1.71. The second-order valence-electron chi connectivity index (χ2n) is 6.02. The van der Waals surface area contributed by atoms with Gasteiger partial charge in [-0.3, -0.25) is 4.98 Å². The highest BCUT2D eigenvalue weighted by atomic mass is 19.1. The standard InChI is InChI=1S/C20H14F2N2O2/c21-16-5-1-3-12(8-16)14-7-15(11-23-10-14)18-19(26-20(25)24-18)13-4-2-6-17(22)9-13/h1-11,18-19H,(H,24,25)/t18-,19?/m1/s1. The number of cyclic esters (lactones) is 1. The number of carbonyl (C=O) groups excluding carboxylic acids is 1. The largest absolute Gasteiger partial charge is 0.439 e. The molecule has 1 amide bonds. The quantitative estimate of drug-likeness (QED) is 0.752. The van der Waals surface area contributed by atoms with Crippen LogP contribution in [0, 0.1) is 11.6 Å². The number of halogens is 2. The van der Waals surface area contributed by atoms with Crippen LogP contribution in [0.1, 0.15) is 23.3 Å². The lowest BCUT2D eigenvalue weighted by Gasteiger charge is -2.18. The Bertz CT molecular complexity index is 977. The number of benzene rings is 2. The van der Waals surface area contributed by atoms with Crippen LogP contribution in [0.3, 0.4) is 0 Å². The summed E-state index contributed by atoms with van der Waals surface area (Å²) in [5.74, 6) is -0.751. The predicted octanol–water partition coefficient (Wildman–Crippen LogP) is 4.55. The lowest BCUT2D eigenvalue weighted by atomic mass is 9.95. The zero-order valence-electron chi connectivity index (χ0n) is 13.5. The van der Waals surface area contributed by atoms with E-state index in [2.05, 4.69) is 10.3 Å². The van der Waals surface area contributed by atoms with Gasteiger partial charge in [-0.1, -0.05) is 24.3 Å². The number of hydrogen-bond donors (Lipinski definition) is 1. The molecule has 4 rings (SSSR count). The fourth-order valence-electron chi connectivity index (χ4n) is 3.08. The van der Waals surface area contributed by atoms with Crippen molar-refractivity contribution < 1.29 is 18.3 Å². The van der Waals surface area contributed by atoms with Crippen LogP contribution in [0.4, 0.5) is 13.6 Å². The molecule has 0 aliphatic carbocycles. The number of alkyl carbamates (subject to hydrolysis) is 1. The first-order valence-corrected chi connectivity index (χ1v) is 8.04. The Kier molecular flexibility index (Phi) is 4.08. The number of pyridine rings is 1. The van der Waals surface area contributed by atoms with Crippen molar-refractivity contribution in [2.45, 2.75) is 12.1 Å². The summed E-state index contributed by atoms with van der Waals surface area (Å²) in [5, 5.41) is 2.73. The number of aromatic nitrogens is 1. The minimum Gasteiger partial charge on any atom is -0.439 e. The summed E-state index contributed by atoms with van der Waals surface area (Å²) in [6, 6.07) is 13.4. The van der Waals surface area contributed by atoms with Crippen molar-refractivity contribution in [2.24, 2.45) is 0 Å². The smallest absolute Gasteiger partial charge is 0.408 e. The summed E-state index contributed by atoms with van der Waals surface area (Å²) < 4.78 is 32.4. The molecule has 1 N–H and O–H groups in total. The monoisotopic (exact) mass is 352 g/mol. The van der Waals surface area contributed by atoms with Crippen molar-refractivity contribution >= 4 is 6.09 Å². The van der Waals surface area contributed by atoms with E-state index in [9.17, 15) is 13.6 Å². The van der Waals surface area contributed by atoms with E-state index < -0.39 is 24.1 Å². The molecule has 0 radical (unpaired) electrons. The van der Waals surface area contributed by atoms with Gasteiger partial charge in [0.25, 0.3) is 0 Å². The molecule has 0 saturated carbocycles. The lowest BCUT2D eigenvalue weighted by Crippen LogP contribution is -2.19. The Morgan fingerprint density at radius 3 is 2.42 bits per heavy atom. The third-order valence-electron chi connectivity index (χ3n) is 4.26. The SMILES string of the molecule is O=C1N[C@H](c2cncc(-c3cccc(F)c3)c2)C(c2cccc(F)c2)O1. The van der Waals surface area contributed by atoms with E-state index in [1.165, 1.54) is 24.3 Å². The second-order valence-corrected chi connectivity index (χ2v) is 6.02. The molecule has 1 aliphatic heterocycles. The number of hydrogen-bond acceptors (Lipinski definition) is 3. The molecular formula is C20H14F2N2O2. The predicted molar refractivity (Wildman–Crippen MR) is 91.1 cm³/mol. The third kappa shape index (κ3) is 3.13. The van der Waals surface area contributed by atoms with Crippen molar-refractivity contribution in [1.29, 1.82) is 0 Å². The van der Waals surface area contributed by atoms with Crippen molar-refractivity contribution in [3.63, 3.8) is 0 Å². The van der Waals surface area contributed by atoms with E-state index >= 15 is 0 Å². The molecule has 4 nitrogen and oxygen atoms in total. The van der Waals surface area contributed by atoms with Gasteiger partial charge in [-0.25, -0.2) is 13.6 Å². The molecule has 2 atom stereocenters. The maximum absolute atomic E-state index is 13.6. The molecule has 1 saturated heterocycles. The first-order valence-electron chi connectivity index (χ1n) is 8.04. The molecule has 26 heavy (non-hydrogen) atoms. The van der Waals surface area contributed by atoms with Gasteiger partial charge in [0.05, 0.1) is 0 Å². The van der Waals surface area contributed by atoms with E-state index in [1.807, 2.05) is 6.07 Å². The van der Waals surface area contributed by atoms with Gasteiger partial charge in [-0.15, -0.1) is 0 Å². The minimum atomic E-state index is -0.678. The van der Waals surface area contributed by atoms with Gasteiger partial charge in [-0.05, 0) is 47.0 Å². The number of nitrogens with one attached hydrogen (secondary N) is 1. The van der Waals surface area contributed by atoms with Crippen LogP contribution in [0.25, 0.3) is 11.1 Å². The Hall–Kier alpha value is -3.28. The summed E-state index contributed by atoms with van der Waals surface area (Å²) in [5.41, 5.74) is 2.62. The van der Waals surface area contributed by atoms with Crippen molar-refractivity contribution in [2.75, 3.05) is 0 Å². The van der Waals surface area contributed by atoms with Gasteiger partial charge >= 0.3 is 6.09 Å². The van der Waals surface area contributed by atoms with E-state index in [4.69, 9.17) is 4.74 Å². The van der Waals surface area contributed by atoms with Gasteiger partial charge in [0.15, 0.2) is 6.10 Å². The van der Waals surface area contributed by atoms with Crippen LogP contribution in [-0.2, 0) is 4.74 Å². The zero-order valence-corrected chi connectivity index (χ0v) is 13.5. The maximum Gasteiger partial charge on any atom is 0.408 e. The summed E-state index contributed by atoms with van der Waals surface area (Å²) in [6.07, 6.45) is 1.96. The minimum absolute atomic E-state index is 0.344. The molecule has 6 heteroatoms. The number of rotatable bonds is 3. The Labute approximate surface area is 148 Å². The molecule has 1 aromatic heterocycles. The first-order chi connectivity index (χ1) is 12.6. The highest BCUT2D eigenvalue weighted by Gasteiger charge is 2.36. The van der Waals surface area contributed by atoms with Gasteiger partial charge in [0.2, 0.25) is 0 Å². The molecular weight excluding hydrogens is 338 g/mol. The second kappa shape index (κ2) is 6.55. The molecule has 3 aromatic rings. The molecule has 0 bridgehead atoms. The topological polar surface area (TPSA) is 51.2 Å². The van der Waals surface area contributed by atoms with E-state index in [-0.39, 0.29) is 5.82 Å². The molecule has 2 heterocycles. The van der Waals surface area contributed by atoms with Crippen LogP contribution in [0.2, 0.25) is 0 Å². The summed E-state index contributed by atoms with van der Waals surface area (Å²) >= 11 is 0. The number of ether oxygens (including phenoxy) is 1.